The minimum Gasteiger partial charge on any atom is -0.438 e. The zero-order chi connectivity index (χ0) is 23.9. The van der Waals surface area contributed by atoms with Crippen LogP contribution in [-0.2, 0) is 6.42 Å². The number of primary amides is 1. The zero-order valence-corrected chi connectivity index (χ0v) is 19.1. The number of urea groups is 1. The zero-order valence-electron chi connectivity index (χ0n) is 19.1. The van der Waals surface area contributed by atoms with Crippen molar-refractivity contribution in [3.8, 4) is 22.9 Å². The molecule has 0 saturated heterocycles. The highest BCUT2D eigenvalue weighted by Crippen LogP contribution is 2.31. The van der Waals surface area contributed by atoms with Gasteiger partial charge in [0.2, 0.25) is 11.8 Å². The Balaban J connectivity index is 1.51. The summed E-state index contributed by atoms with van der Waals surface area (Å²) in [5, 5.41) is 2.93. The maximum atomic E-state index is 12.1. The average Bonchev–Trinajstić information content (AvgIpc) is 2.85. The van der Waals surface area contributed by atoms with Crippen LogP contribution in [-0.4, -0.2) is 34.6 Å². The molecule has 0 fully saturated rings. The predicted molar refractivity (Wildman–Crippen MR) is 133 cm³/mol. The number of hydrogen-bond donors (Lipinski definition) is 2. The van der Waals surface area contributed by atoms with Crippen molar-refractivity contribution in [3.05, 3.63) is 90.3 Å². The van der Waals surface area contributed by atoms with Crippen LogP contribution in [0.5, 0.6) is 11.6 Å². The minimum atomic E-state index is -0.502. The second-order valence-electron chi connectivity index (χ2n) is 7.70. The van der Waals surface area contributed by atoms with Crippen LogP contribution in [0, 0.1) is 6.92 Å². The molecule has 4 aromatic rings. The van der Waals surface area contributed by atoms with Gasteiger partial charge < -0.3 is 15.8 Å². The molecule has 3 N–H and O–H groups in total. The lowest BCUT2D eigenvalue weighted by Gasteiger charge is -2.21. The molecule has 8 heteroatoms. The van der Waals surface area contributed by atoms with Crippen molar-refractivity contribution in [2.24, 2.45) is 5.73 Å². The van der Waals surface area contributed by atoms with Gasteiger partial charge in [-0.05, 0) is 61.4 Å². The standard InChI is InChI=1S/C26H26N6O2/c1-18-5-3-6-19(17-18)13-16-32(25(27)33)20-8-10-21(11-9-20)34-24-22(7-4-14-29-24)23-12-15-30-26(28-2)31-23/h3-12,14-15,17H,13,16H2,1-2H3,(H2,27,33)(H,28,30,31). The van der Waals surface area contributed by atoms with Gasteiger partial charge >= 0.3 is 6.03 Å². The smallest absolute Gasteiger partial charge is 0.319 e. The molecule has 0 bridgehead atoms. The van der Waals surface area contributed by atoms with E-state index >= 15 is 0 Å². The van der Waals surface area contributed by atoms with Crippen LogP contribution in [0.4, 0.5) is 16.4 Å². The van der Waals surface area contributed by atoms with E-state index < -0.39 is 6.03 Å². The molecule has 8 nitrogen and oxygen atoms in total. The summed E-state index contributed by atoms with van der Waals surface area (Å²) in [5.41, 5.74) is 10.1. The molecule has 0 unspecified atom stereocenters. The van der Waals surface area contributed by atoms with Crippen LogP contribution in [0.25, 0.3) is 11.3 Å². The Hall–Kier alpha value is -4.46. The lowest BCUT2D eigenvalue weighted by Crippen LogP contribution is -2.37. The Morgan fingerprint density at radius 1 is 1.03 bits per heavy atom. The van der Waals surface area contributed by atoms with E-state index in [0.29, 0.717) is 41.9 Å². The van der Waals surface area contributed by atoms with E-state index in [1.54, 1.807) is 42.5 Å². The molecule has 0 spiro atoms. The van der Waals surface area contributed by atoms with E-state index in [0.717, 1.165) is 11.1 Å². The third kappa shape index (κ3) is 5.47. The number of carbonyl (C=O) groups excluding carboxylic acids is 1. The van der Waals surface area contributed by atoms with Crippen molar-refractivity contribution in [2.75, 3.05) is 23.8 Å². The molecule has 4 rings (SSSR count). The lowest BCUT2D eigenvalue weighted by molar-refractivity contribution is 0.254. The summed E-state index contributed by atoms with van der Waals surface area (Å²) in [6, 6.07) is 20.4. The van der Waals surface area contributed by atoms with Crippen molar-refractivity contribution in [3.63, 3.8) is 0 Å². The maximum Gasteiger partial charge on any atom is 0.319 e. The van der Waals surface area contributed by atoms with Crippen LogP contribution in [0.1, 0.15) is 11.1 Å². The van der Waals surface area contributed by atoms with Gasteiger partial charge in [-0.15, -0.1) is 0 Å². The lowest BCUT2D eigenvalue weighted by atomic mass is 10.1. The van der Waals surface area contributed by atoms with Crippen LogP contribution in [0.15, 0.2) is 79.1 Å². The highest BCUT2D eigenvalue weighted by Gasteiger charge is 2.14. The number of nitrogens with one attached hydrogen (secondary N) is 1. The van der Waals surface area contributed by atoms with Gasteiger partial charge in [0.05, 0.1) is 11.3 Å². The second kappa shape index (κ2) is 10.4. The third-order valence-electron chi connectivity index (χ3n) is 5.26. The van der Waals surface area contributed by atoms with Gasteiger partial charge in [0, 0.05) is 31.7 Å². The van der Waals surface area contributed by atoms with Gasteiger partial charge in [-0.3, -0.25) is 4.90 Å². The molecule has 34 heavy (non-hydrogen) atoms. The summed E-state index contributed by atoms with van der Waals surface area (Å²) < 4.78 is 6.05. The summed E-state index contributed by atoms with van der Waals surface area (Å²) in [6.45, 7) is 2.52. The Kier molecular flexibility index (Phi) is 6.98. The number of hydrogen-bond acceptors (Lipinski definition) is 6. The Bertz CT molecular complexity index is 1280. The van der Waals surface area contributed by atoms with Gasteiger partial charge in [0.25, 0.3) is 0 Å². The fourth-order valence-corrected chi connectivity index (χ4v) is 3.58. The fraction of sp³-hybridized carbons (Fsp3) is 0.154. The van der Waals surface area contributed by atoms with E-state index in [1.807, 2.05) is 49.4 Å². The van der Waals surface area contributed by atoms with Gasteiger partial charge in [-0.25, -0.2) is 19.7 Å². The summed E-state index contributed by atoms with van der Waals surface area (Å²) in [7, 11) is 1.76. The van der Waals surface area contributed by atoms with Gasteiger partial charge in [-0.2, -0.15) is 0 Å². The molecule has 2 aromatic carbocycles. The van der Waals surface area contributed by atoms with E-state index in [4.69, 9.17) is 10.5 Å². The number of aromatic nitrogens is 3. The van der Waals surface area contributed by atoms with Crippen molar-refractivity contribution in [1.29, 1.82) is 0 Å². The molecular formula is C26H26N6O2. The summed E-state index contributed by atoms with van der Waals surface area (Å²) in [4.78, 5) is 26.7. The van der Waals surface area contributed by atoms with Crippen LogP contribution < -0.4 is 20.7 Å². The number of pyridine rings is 1. The van der Waals surface area contributed by atoms with Gasteiger partial charge in [0.1, 0.15) is 5.75 Å². The summed E-state index contributed by atoms with van der Waals surface area (Å²) in [6.07, 6.45) is 4.04. The molecule has 2 heterocycles. The number of nitrogens with two attached hydrogens (primary N) is 1. The van der Waals surface area contributed by atoms with Crippen molar-refractivity contribution in [2.45, 2.75) is 13.3 Å². The molecule has 0 saturated carbocycles. The number of aryl methyl sites for hydroxylation is 1. The molecule has 0 aliphatic rings. The highest BCUT2D eigenvalue weighted by atomic mass is 16.5. The first-order chi connectivity index (χ1) is 16.5. The average molecular weight is 455 g/mol. The van der Waals surface area contributed by atoms with Gasteiger partial charge in [0.15, 0.2) is 0 Å². The molecule has 0 radical (unpaired) electrons. The molecular weight excluding hydrogens is 428 g/mol. The monoisotopic (exact) mass is 454 g/mol. The van der Waals surface area contributed by atoms with E-state index in [-0.39, 0.29) is 0 Å². The second-order valence-corrected chi connectivity index (χ2v) is 7.70. The van der Waals surface area contributed by atoms with Crippen molar-refractivity contribution in [1.82, 2.24) is 15.0 Å². The van der Waals surface area contributed by atoms with E-state index in [9.17, 15) is 4.79 Å². The third-order valence-corrected chi connectivity index (χ3v) is 5.26. The highest BCUT2D eigenvalue weighted by molar-refractivity contribution is 5.90. The normalized spacial score (nSPS) is 10.5. The molecule has 0 aliphatic carbocycles. The summed E-state index contributed by atoms with van der Waals surface area (Å²) in [5.74, 6) is 1.51. The number of benzene rings is 2. The number of ether oxygens (including phenoxy) is 1. The first-order valence-electron chi connectivity index (χ1n) is 10.9. The first-order valence-corrected chi connectivity index (χ1v) is 10.9. The topological polar surface area (TPSA) is 106 Å². The van der Waals surface area contributed by atoms with E-state index in [2.05, 4.69) is 26.3 Å². The van der Waals surface area contributed by atoms with Crippen molar-refractivity contribution >= 4 is 17.7 Å². The molecule has 2 aromatic heterocycles. The number of anilines is 2. The SMILES string of the molecule is CNc1nccc(-c2cccnc2Oc2ccc(N(CCc3cccc(C)c3)C(N)=O)cc2)n1. The first kappa shape index (κ1) is 22.7. The molecule has 172 valence electrons. The van der Waals surface area contributed by atoms with Crippen LogP contribution >= 0.6 is 0 Å². The Morgan fingerprint density at radius 2 is 1.85 bits per heavy atom. The fourth-order valence-electron chi connectivity index (χ4n) is 3.58. The minimum absolute atomic E-state index is 0.419. The molecule has 2 amide bonds. The number of nitrogens with zero attached hydrogens (tertiary/aromatic N) is 4. The largest absolute Gasteiger partial charge is 0.438 e. The summed E-state index contributed by atoms with van der Waals surface area (Å²) >= 11 is 0. The number of rotatable bonds is 8. The van der Waals surface area contributed by atoms with Crippen molar-refractivity contribution < 1.29 is 9.53 Å². The molecule has 0 aliphatic heterocycles. The number of carbonyl (C=O) groups is 1. The molecule has 0 atom stereocenters. The van der Waals surface area contributed by atoms with Gasteiger partial charge in [-0.1, -0.05) is 29.8 Å². The van der Waals surface area contributed by atoms with Crippen LogP contribution in [0.2, 0.25) is 0 Å². The quantitative estimate of drug-likeness (QED) is 0.396. The van der Waals surface area contributed by atoms with E-state index in [1.165, 1.54) is 5.56 Å². The number of amides is 2. The Labute approximate surface area is 198 Å². The Morgan fingerprint density at radius 3 is 2.59 bits per heavy atom. The van der Waals surface area contributed by atoms with Crippen LogP contribution in [0.3, 0.4) is 0 Å². The maximum absolute atomic E-state index is 12.1. The predicted octanol–water partition coefficient (Wildman–Crippen LogP) is 4.81.